The van der Waals surface area contributed by atoms with Gasteiger partial charge in [0, 0.05) is 10.6 Å². The second-order valence-corrected chi connectivity index (χ2v) is 4.16. The van der Waals surface area contributed by atoms with Gasteiger partial charge in [0.25, 0.3) is 0 Å². The van der Waals surface area contributed by atoms with Crippen LogP contribution in [0.2, 0.25) is 5.02 Å². The van der Waals surface area contributed by atoms with Gasteiger partial charge in [-0.15, -0.1) is 0 Å². The third kappa shape index (κ3) is 1.98. The van der Waals surface area contributed by atoms with Crippen molar-refractivity contribution in [2.24, 2.45) is 0 Å². The van der Waals surface area contributed by atoms with E-state index in [1.54, 1.807) is 50.2 Å². The number of hydrogen-bond acceptors (Lipinski definition) is 2. The van der Waals surface area contributed by atoms with E-state index in [-0.39, 0.29) is 0 Å². The molecule has 0 unspecified atom stereocenters. The Morgan fingerprint density at radius 1 is 1.40 bits per heavy atom. The van der Waals surface area contributed by atoms with Gasteiger partial charge in [-0.2, -0.15) is 0 Å². The van der Waals surface area contributed by atoms with Gasteiger partial charge in [0.05, 0.1) is 0 Å². The number of carbonyl (C=O) groups is 1. The van der Waals surface area contributed by atoms with Crippen molar-refractivity contribution in [2.45, 2.75) is 12.5 Å². The van der Waals surface area contributed by atoms with Crippen LogP contribution < -0.4 is 0 Å². The molecule has 0 aromatic heterocycles. The quantitative estimate of drug-likeness (QED) is 0.861. The first-order valence-corrected chi connectivity index (χ1v) is 4.94. The molecule has 1 aromatic carbocycles. The number of carboxylic acid groups (broad SMARTS) is 1. The minimum atomic E-state index is -1.10. The fourth-order valence-corrected chi connectivity index (χ4v) is 1.72. The van der Waals surface area contributed by atoms with Crippen LogP contribution in [0.25, 0.3) is 0 Å². The van der Waals surface area contributed by atoms with Crippen molar-refractivity contribution in [3.63, 3.8) is 0 Å². The lowest BCUT2D eigenvalue weighted by atomic mass is 9.91. The molecular formula is C11H14ClNO2. The molecule has 0 aliphatic rings. The van der Waals surface area contributed by atoms with Crippen LogP contribution in [0, 0.1) is 0 Å². The van der Waals surface area contributed by atoms with E-state index in [2.05, 4.69) is 0 Å². The molecule has 0 bridgehead atoms. The first-order chi connectivity index (χ1) is 6.90. The fourth-order valence-electron chi connectivity index (χ4n) is 1.40. The Morgan fingerprint density at radius 3 is 2.33 bits per heavy atom. The average molecular weight is 228 g/mol. The molecule has 0 saturated carbocycles. The van der Waals surface area contributed by atoms with E-state index in [9.17, 15) is 9.90 Å². The number of carboxylic acids is 1. The lowest BCUT2D eigenvalue weighted by molar-refractivity contribution is -0.149. The van der Waals surface area contributed by atoms with Gasteiger partial charge in [-0.05, 0) is 27.1 Å². The number of benzene rings is 1. The van der Waals surface area contributed by atoms with E-state index in [1.165, 1.54) is 0 Å². The molecule has 4 heteroatoms. The third-order valence-corrected chi connectivity index (χ3v) is 3.04. The molecule has 1 atom stereocenters. The topological polar surface area (TPSA) is 40.5 Å². The van der Waals surface area contributed by atoms with Gasteiger partial charge in [0.2, 0.25) is 0 Å². The maximum atomic E-state index is 11.3. The SMILES string of the molecule is CN(C)[C@@](C)(C(=O)O)c1ccccc1Cl. The van der Waals surface area contributed by atoms with E-state index in [4.69, 9.17) is 11.6 Å². The number of hydrogen-bond donors (Lipinski definition) is 1. The summed E-state index contributed by atoms with van der Waals surface area (Å²) in [6.45, 7) is 1.64. The monoisotopic (exact) mass is 227 g/mol. The van der Waals surface area contributed by atoms with Crippen LogP contribution >= 0.6 is 11.6 Å². The van der Waals surface area contributed by atoms with Crippen LogP contribution in [-0.4, -0.2) is 30.1 Å². The van der Waals surface area contributed by atoms with E-state index in [0.717, 1.165) is 0 Å². The molecule has 0 aliphatic heterocycles. The van der Waals surface area contributed by atoms with Crippen LogP contribution in [0.5, 0.6) is 0 Å². The molecular weight excluding hydrogens is 214 g/mol. The summed E-state index contributed by atoms with van der Waals surface area (Å²) in [4.78, 5) is 13.0. The van der Waals surface area contributed by atoms with Crippen molar-refractivity contribution >= 4 is 17.6 Å². The highest BCUT2D eigenvalue weighted by atomic mass is 35.5. The van der Waals surface area contributed by atoms with Gasteiger partial charge in [0.1, 0.15) is 5.54 Å². The molecule has 0 radical (unpaired) electrons. The van der Waals surface area contributed by atoms with Crippen molar-refractivity contribution < 1.29 is 9.90 Å². The van der Waals surface area contributed by atoms with E-state index in [0.29, 0.717) is 10.6 Å². The Bertz CT molecular complexity index is 379. The average Bonchev–Trinajstić information content (AvgIpc) is 2.16. The summed E-state index contributed by atoms with van der Waals surface area (Å²) in [5.74, 6) is -0.916. The van der Waals surface area contributed by atoms with Crippen LogP contribution in [0.15, 0.2) is 24.3 Å². The predicted molar refractivity (Wildman–Crippen MR) is 60.1 cm³/mol. The molecule has 0 amide bonds. The van der Waals surface area contributed by atoms with Gasteiger partial charge in [-0.1, -0.05) is 29.8 Å². The maximum absolute atomic E-state index is 11.3. The summed E-state index contributed by atoms with van der Waals surface area (Å²) in [7, 11) is 3.44. The lowest BCUT2D eigenvalue weighted by Gasteiger charge is -2.33. The largest absolute Gasteiger partial charge is 0.480 e. The molecule has 0 aliphatic carbocycles. The lowest BCUT2D eigenvalue weighted by Crippen LogP contribution is -2.45. The highest BCUT2D eigenvalue weighted by Gasteiger charge is 2.38. The number of rotatable bonds is 3. The summed E-state index contributed by atoms with van der Waals surface area (Å²) < 4.78 is 0. The molecule has 3 nitrogen and oxygen atoms in total. The Kier molecular flexibility index (Phi) is 3.37. The highest BCUT2D eigenvalue weighted by molar-refractivity contribution is 6.31. The second-order valence-electron chi connectivity index (χ2n) is 3.75. The molecule has 0 saturated heterocycles. The van der Waals surface area contributed by atoms with Crippen molar-refractivity contribution in [2.75, 3.05) is 14.1 Å². The summed E-state index contributed by atoms with van der Waals surface area (Å²) >= 11 is 6.01. The molecule has 15 heavy (non-hydrogen) atoms. The molecule has 0 fully saturated rings. The van der Waals surface area contributed by atoms with Gasteiger partial charge in [-0.25, -0.2) is 4.79 Å². The molecule has 0 spiro atoms. The van der Waals surface area contributed by atoms with Crippen molar-refractivity contribution in [3.05, 3.63) is 34.9 Å². The summed E-state index contributed by atoms with van der Waals surface area (Å²) in [5, 5.41) is 9.75. The zero-order valence-electron chi connectivity index (χ0n) is 8.99. The molecule has 0 heterocycles. The van der Waals surface area contributed by atoms with E-state index in [1.807, 2.05) is 0 Å². The molecule has 1 aromatic rings. The van der Waals surface area contributed by atoms with Crippen LogP contribution in [0.1, 0.15) is 12.5 Å². The third-order valence-electron chi connectivity index (χ3n) is 2.71. The Hall–Kier alpha value is -1.06. The van der Waals surface area contributed by atoms with Crippen molar-refractivity contribution in [1.29, 1.82) is 0 Å². The van der Waals surface area contributed by atoms with Crippen LogP contribution in [-0.2, 0) is 10.3 Å². The van der Waals surface area contributed by atoms with E-state index >= 15 is 0 Å². The second kappa shape index (κ2) is 4.21. The van der Waals surface area contributed by atoms with E-state index < -0.39 is 11.5 Å². The van der Waals surface area contributed by atoms with Gasteiger partial charge in [-0.3, -0.25) is 4.90 Å². The van der Waals surface area contributed by atoms with Crippen molar-refractivity contribution in [1.82, 2.24) is 4.90 Å². The zero-order valence-corrected chi connectivity index (χ0v) is 9.75. The first kappa shape index (κ1) is 12.0. The summed E-state index contributed by atoms with van der Waals surface area (Å²) in [6.07, 6.45) is 0. The minimum Gasteiger partial charge on any atom is -0.480 e. The smallest absolute Gasteiger partial charge is 0.328 e. The Morgan fingerprint density at radius 2 is 1.93 bits per heavy atom. The molecule has 82 valence electrons. The van der Waals surface area contributed by atoms with Gasteiger partial charge < -0.3 is 5.11 Å². The predicted octanol–water partition coefficient (Wildman–Crippen LogP) is 2.20. The van der Waals surface area contributed by atoms with Crippen LogP contribution in [0.4, 0.5) is 0 Å². The van der Waals surface area contributed by atoms with Crippen LogP contribution in [0.3, 0.4) is 0 Å². The summed E-state index contributed by atoms with van der Waals surface area (Å²) in [5.41, 5.74) is -0.498. The maximum Gasteiger partial charge on any atom is 0.328 e. The summed E-state index contributed by atoms with van der Waals surface area (Å²) in [6, 6.07) is 6.99. The molecule has 1 N–H and O–H groups in total. The first-order valence-electron chi connectivity index (χ1n) is 4.56. The highest BCUT2D eigenvalue weighted by Crippen LogP contribution is 2.31. The Balaban J connectivity index is 3.34. The molecule has 1 rings (SSSR count). The fraction of sp³-hybridized carbons (Fsp3) is 0.364. The zero-order chi connectivity index (χ0) is 11.6. The number of likely N-dealkylation sites (N-methyl/N-ethyl adjacent to an activating group) is 1. The Labute approximate surface area is 94.3 Å². The normalized spacial score (nSPS) is 15.0. The number of nitrogens with zero attached hydrogens (tertiary/aromatic N) is 1. The number of aliphatic carboxylic acids is 1. The van der Waals surface area contributed by atoms with Gasteiger partial charge in [0.15, 0.2) is 0 Å². The standard InChI is InChI=1S/C11H14ClNO2/c1-11(10(14)15,13(2)3)8-6-4-5-7-9(8)12/h4-7H,1-3H3,(H,14,15)/t11-/m1/s1. The minimum absolute atomic E-state index is 0.469. The van der Waals surface area contributed by atoms with Gasteiger partial charge >= 0.3 is 5.97 Å². The van der Waals surface area contributed by atoms with Crippen molar-refractivity contribution in [3.8, 4) is 0 Å². The number of halogens is 1.